The van der Waals surface area contributed by atoms with Crippen LogP contribution in [0.4, 0.5) is 0 Å². The van der Waals surface area contributed by atoms with Crippen LogP contribution in [0.3, 0.4) is 0 Å². The first-order valence-electron chi connectivity index (χ1n) is 1.59. The van der Waals surface area contributed by atoms with Gasteiger partial charge in [0, 0.05) is 0 Å². The SMILES string of the molecule is CN.O=C(Cl)CCl. The normalized spacial score (nSPS) is 6.29. The lowest BCUT2D eigenvalue weighted by Crippen LogP contribution is -1.81. The molecule has 0 saturated carbocycles. The number of hydrogen-bond donors (Lipinski definition) is 1. The fraction of sp³-hybridized carbons (Fsp3) is 0.667. The van der Waals surface area contributed by atoms with Crippen LogP contribution in [0.25, 0.3) is 0 Å². The van der Waals surface area contributed by atoms with Gasteiger partial charge >= 0.3 is 0 Å². The van der Waals surface area contributed by atoms with E-state index >= 15 is 0 Å². The summed E-state index contributed by atoms with van der Waals surface area (Å²) in [6.07, 6.45) is 0. The molecule has 0 rings (SSSR count). The van der Waals surface area contributed by atoms with E-state index in [2.05, 4.69) is 5.73 Å². The average Bonchev–Trinajstić information content (AvgIpc) is 1.73. The number of alkyl halides is 1. The van der Waals surface area contributed by atoms with Gasteiger partial charge in [-0.2, -0.15) is 0 Å². The Morgan fingerprint density at radius 3 is 1.86 bits per heavy atom. The van der Waals surface area contributed by atoms with Crippen molar-refractivity contribution in [2.75, 3.05) is 12.9 Å². The standard InChI is InChI=1S/C2H2Cl2O.CH5N/c3-1-2(4)5;1-2/h1H2;2H2,1H3. The molecule has 0 aliphatic carbocycles. The highest BCUT2D eigenvalue weighted by molar-refractivity contribution is 6.67. The summed E-state index contributed by atoms with van der Waals surface area (Å²) in [6, 6.07) is 0. The molecule has 0 radical (unpaired) electrons. The van der Waals surface area contributed by atoms with E-state index in [4.69, 9.17) is 23.2 Å². The molecule has 44 valence electrons. The Kier molecular flexibility index (Phi) is 13.9. The van der Waals surface area contributed by atoms with Gasteiger partial charge in [0.25, 0.3) is 0 Å². The van der Waals surface area contributed by atoms with Crippen molar-refractivity contribution < 1.29 is 4.79 Å². The fourth-order valence-corrected chi connectivity index (χ4v) is 0. The lowest BCUT2D eigenvalue weighted by molar-refractivity contribution is -0.109. The Balaban J connectivity index is 0. The van der Waals surface area contributed by atoms with E-state index in [1.807, 2.05) is 0 Å². The number of rotatable bonds is 1. The van der Waals surface area contributed by atoms with Gasteiger partial charge in [0.05, 0.1) is 5.88 Å². The molecule has 0 fully saturated rings. The number of carbonyl (C=O) groups excluding carboxylic acids is 1. The number of nitrogens with two attached hydrogens (primary N) is 1. The molecule has 2 N–H and O–H groups in total. The van der Waals surface area contributed by atoms with E-state index in [-0.39, 0.29) is 5.88 Å². The van der Waals surface area contributed by atoms with Crippen LogP contribution in [0.5, 0.6) is 0 Å². The third kappa shape index (κ3) is 22.5. The zero-order valence-corrected chi connectivity index (χ0v) is 5.46. The highest BCUT2D eigenvalue weighted by Gasteiger charge is 1.83. The summed E-state index contributed by atoms with van der Waals surface area (Å²) in [5, 5.41) is -0.508. The van der Waals surface area contributed by atoms with E-state index in [9.17, 15) is 4.79 Å². The minimum atomic E-state index is -0.508. The summed E-state index contributed by atoms with van der Waals surface area (Å²) in [5.41, 5.74) is 4.50. The van der Waals surface area contributed by atoms with Gasteiger partial charge in [-0.05, 0) is 18.6 Å². The Bertz CT molecular complexity index is 48.2. The van der Waals surface area contributed by atoms with Gasteiger partial charge in [0.15, 0.2) is 0 Å². The molecule has 0 aromatic rings. The molecule has 0 bridgehead atoms. The molecule has 0 atom stereocenters. The van der Waals surface area contributed by atoms with E-state index in [0.29, 0.717) is 0 Å². The van der Waals surface area contributed by atoms with Crippen LogP contribution in [-0.2, 0) is 4.79 Å². The molecule has 7 heavy (non-hydrogen) atoms. The smallest absolute Gasteiger partial charge is 0.236 e. The molecule has 0 amide bonds. The maximum atomic E-state index is 9.45. The van der Waals surface area contributed by atoms with E-state index in [1.54, 1.807) is 0 Å². The van der Waals surface area contributed by atoms with E-state index in [1.165, 1.54) is 7.05 Å². The van der Waals surface area contributed by atoms with Crippen LogP contribution in [0.2, 0.25) is 0 Å². The highest BCUT2D eigenvalue weighted by atomic mass is 35.5. The van der Waals surface area contributed by atoms with Crippen molar-refractivity contribution in [3.05, 3.63) is 0 Å². The van der Waals surface area contributed by atoms with Gasteiger partial charge in [0.1, 0.15) is 0 Å². The molecule has 0 aromatic heterocycles. The van der Waals surface area contributed by atoms with Crippen LogP contribution in [0.15, 0.2) is 0 Å². The topological polar surface area (TPSA) is 43.1 Å². The van der Waals surface area contributed by atoms with Gasteiger partial charge in [-0.25, -0.2) is 0 Å². The predicted octanol–water partition coefficient (Wildman–Crippen LogP) is 0.566. The van der Waals surface area contributed by atoms with Crippen LogP contribution < -0.4 is 5.73 Å². The van der Waals surface area contributed by atoms with Crippen molar-refractivity contribution in [3.8, 4) is 0 Å². The van der Waals surface area contributed by atoms with E-state index in [0.717, 1.165) is 0 Å². The second-order valence-electron chi connectivity index (χ2n) is 0.489. The van der Waals surface area contributed by atoms with E-state index < -0.39 is 5.24 Å². The number of carbonyl (C=O) groups is 1. The molecular formula is C3H7Cl2NO. The summed E-state index contributed by atoms with van der Waals surface area (Å²) < 4.78 is 0. The maximum Gasteiger partial charge on any atom is 0.236 e. The first-order valence-corrected chi connectivity index (χ1v) is 2.50. The number of halogens is 2. The Morgan fingerprint density at radius 2 is 1.86 bits per heavy atom. The molecule has 0 aromatic carbocycles. The van der Waals surface area contributed by atoms with Gasteiger partial charge < -0.3 is 5.73 Å². The van der Waals surface area contributed by atoms with Crippen LogP contribution >= 0.6 is 23.2 Å². The van der Waals surface area contributed by atoms with Crippen molar-refractivity contribution in [3.63, 3.8) is 0 Å². The van der Waals surface area contributed by atoms with Gasteiger partial charge in [-0.3, -0.25) is 4.79 Å². The molecule has 2 nitrogen and oxygen atoms in total. The largest absolute Gasteiger partial charge is 0.333 e. The quantitative estimate of drug-likeness (QED) is 0.431. The van der Waals surface area contributed by atoms with Gasteiger partial charge in [-0.15, -0.1) is 11.6 Å². The predicted molar refractivity (Wildman–Crippen MR) is 31.7 cm³/mol. The minimum Gasteiger partial charge on any atom is -0.333 e. The molecular weight excluding hydrogens is 137 g/mol. The van der Waals surface area contributed by atoms with Gasteiger partial charge in [-0.1, -0.05) is 0 Å². The van der Waals surface area contributed by atoms with Crippen LogP contribution in [0.1, 0.15) is 0 Å². The second-order valence-corrected chi connectivity index (χ2v) is 1.18. The Morgan fingerprint density at radius 1 is 1.71 bits per heavy atom. The zero-order chi connectivity index (χ0) is 6.28. The number of hydrogen-bond acceptors (Lipinski definition) is 2. The summed E-state index contributed by atoms with van der Waals surface area (Å²) in [7, 11) is 1.50. The second kappa shape index (κ2) is 9.51. The van der Waals surface area contributed by atoms with Crippen molar-refractivity contribution in [1.29, 1.82) is 0 Å². The van der Waals surface area contributed by atoms with Crippen molar-refractivity contribution in [1.82, 2.24) is 0 Å². The van der Waals surface area contributed by atoms with Gasteiger partial charge in [0.2, 0.25) is 5.24 Å². The molecule has 4 heteroatoms. The summed E-state index contributed by atoms with van der Waals surface area (Å²) in [4.78, 5) is 9.45. The molecule has 0 saturated heterocycles. The Hall–Kier alpha value is 0.210. The minimum absolute atomic E-state index is 0.0957. The highest BCUT2D eigenvalue weighted by Crippen LogP contribution is 1.80. The van der Waals surface area contributed by atoms with Crippen molar-refractivity contribution in [2.24, 2.45) is 5.73 Å². The molecule has 0 heterocycles. The molecule has 0 aliphatic rings. The molecule has 0 aliphatic heterocycles. The van der Waals surface area contributed by atoms with Crippen LogP contribution in [0, 0.1) is 0 Å². The third-order valence-corrected chi connectivity index (χ3v) is 0.618. The lowest BCUT2D eigenvalue weighted by Gasteiger charge is -1.65. The summed E-state index contributed by atoms with van der Waals surface area (Å²) in [6.45, 7) is 0. The summed E-state index contributed by atoms with van der Waals surface area (Å²) in [5.74, 6) is -0.0957. The molecule has 0 spiro atoms. The lowest BCUT2D eigenvalue weighted by atomic mass is 10.9. The molecule has 0 unspecified atom stereocenters. The third-order valence-electron chi connectivity index (χ3n) is 0.105. The first-order chi connectivity index (χ1) is 3.27. The monoisotopic (exact) mass is 143 g/mol. The maximum absolute atomic E-state index is 9.45. The van der Waals surface area contributed by atoms with Crippen LogP contribution in [-0.4, -0.2) is 18.2 Å². The first kappa shape index (κ1) is 10.2. The van der Waals surface area contributed by atoms with Crippen molar-refractivity contribution >= 4 is 28.4 Å². The van der Waals surface area contributed by atoms with Crippen molar-refractivity contribution in [2.45, 2.75) is 0 Å². The summed E-state index contributed by atoms with van der Waals surface area (Å²) >= 11 is 9.55. The fourth-order valence-electron chi connectivity index (χ4n) is 0. The zero-order valence-electron chi connectivity index (χ0n) is 3.95. The Labute approximate surface area is 52.6 Å². The average molecular weight is 144 g/mol.